The lowest BCUT2D eigenvalue weighted by Gasteiger charge is -2.18. The van der Waals surface area contributed by atoms with Crippen LogP contribution in [0.25, 0.3) is 0 Å². The third-order valence-corrected chi connectivity index (χ3v) is 3.24. The molecule has 106 valence electrons. The van der Waals surface area contributed by atoms with Gasteiger partial charge in [0.05, 0.1) is 6.04 Å². The minimum absolute atomic E-state index is 0.133. The second kappa shape index (κ2) is 6.26. The summed E-state index contributed by atoms with van der Waals surface area (Å²) in [4.78, 5) is 0. The van der Waals surface area contributed by atoms with E-state index in [0.29, 0.717) is 5.02 Å². The zero-order chi connectivity index (χ0) is 14.7. The third kappa shape index (κ3) is 3.12. The van der Waals surface area contributed by atoms with Gasteiger partial charge in [-0.25, -0.2) is 13.2 Å². The van der Waals surface area contributed by atoms with Gasteiger partial charge in [0, 0.05) is 16.1 Å². The van der Waals surface area contributed by atoms with Crippen molar-refractivity contribution < 1.29 is 13.2 Å². The molecule has 0 aliphatic heterocycles. The van der Waals surface area contributed by atoms with Gasteiger partial charge in [-0.15, -0.1) is 0 Å². The molecule has 6 heteroatoms. The molecular weight excluding hydrogens is 289 g/mol. The number of rotatable bonds is 4. The number of hydrogen-bond acceptors (Lipinski definition) is 2. The molecule has 0 aliphatic carbocycles. The molecule has 2 aromatic carbocycles. The van der Waals surface area contributed by atoms with Crippen LogP contribution in [-0.2, 0) is 6.42 Å². The van der Waals surface area contributed by atoms with Crippen LogP contribution in [0.1, 0.15) is 17.2 Å². The highest BCUT2D eigenvalue weighted by atomic mass is 35.5. The van der Waals surface area contributed by atoms with Crippen LogP contribution in [0.15, 0.2) is 36.4 Å². The Kier molecular flexibility index (Phi) is 4.65. The van der Waals surface area contributed by atoms with Gasteiger partial charge >= 0.3 is 0 Å². The van der Waals surface area contributed by atoms with Crippen molar-refractivity contribution in [2.75, 3.05) is 0 Å². The van der Waals surface area contributed by atoms with Crippen LogP contribution in [0.3, 0.4) is 0 Å². The molecular formula is C14H12ClF3N2. The molecule has 1 atom stereocenters. The average molecular weight is 301 g/mol. The Morgan fingerprint density at radius 1 is 1.05 bits per heavy atom. The minimum Gasteiger partial charge on any atom is -0.271 e. The fourth-order valence-corrected chi connectivity index (χ4v) is 2.15. The highest BCUT2D eigenvalue weighted by molar-refractivity contribution is 6.30. The SMILES string of the molecule is NNC(Cc1c(F)cccc1F)c1cc(Cl)ccc1F. The Morgan fingerprint density at radius 2 is 1.70 bits per heavy atom. The molecule has 0 saturated heterocycles. The summed E-state index contributed by atoms with van der Waals surface area (Å²) < 4.78 is 41.0. The molecule has 2 nitrogen and oxygen atoms in total. The molecule has 0 spiro atoms. The predicted molar refractivity (Wildman–Crippen MR) is 71.5 cm³/mol. The van der Waals surface area contributed by atoms with E-state index in [1.165, 1.54) is 24.3 Å². The maximum atomic E-state index is 13.8. The van der Waals surface area contributed by atoms with Crippen LogP contribution in [0, 0.1) is 17.5 Å². The summed E-state index contributed by atoms with van der Waals surface area (Å²) in [5.41, 5.74) is 2.36. The first-order valence-electron chi connectivity index (χ1n) is 5.87. The molecule has 0 aliphatic rings. The quantitative estimate of drug-likeness (QED) is 0.670. The summed E-state index contributed by atoms with van der Waals surface area (Å²) in [6.45, 7) is 0. The van der Waals surface area contributed by atoms with Gasteiger partial charge in [0.1, 0.15) is 17.5 Å². The number of halogens is 4. The Hall–Kier alpha value is -1.56. The van der Waals surface area contributed by atoms with Crippen molar-refractivity contribution >= 4 is 11.6 Å². The van der Waals surface area contributed by atoms with Crippen molar-refractivity contribution in [3.8, 4) is 0 Å². The first kappa shape index (κ1) is 14.8. The largest absolute Gasteiger partial charge is 0.271 e. The van der Waals surface area contributed by atoms with Crippen LogP contribution < -0.4 is 11.3 Å². The summed E-state index contributed by atoms with van der Waals surface area (Å²) in [6.07, 6.45) is -0.133. The third-order valence-electron chi connectivity index (χ3n) is 3.00. The maximum absolute atomic E-state index is 13.8. The number of nitrogens with one attached hydrogen (secondary N) is 1. The van der Waals surface area contributed by atoms with E-state index in [-0.39, 0.29) is 17.5 Å². The second-order valence-corrected chi connectivity index (χ2v) is 4.73. The zero-order valence-corrected chi connectivity index (χ0v) is 11.1. The van der Waals surface area contributed by atoms with Gasteiger partial charge in [0.15, 0.2) is 0 Å². The van der Waals surface area contributed by atoms with Gasteiger partial charge in [-0.05, 0) is 36.8 Å². The monoisotopic (exact) mass is 300 g/mol. The number of benzene rings is 2. The second-order valence-electron chi connectivity index (χ2n) is 4.29. The van der Waals surface area contributed by atoms with Gasteiger partial charge in [0.2, 0.25) is 0 Å². The molecule has 20 heavy (non-hydrogen) atoms. The number of nitrogens with two attached hydrogens (primary N) is 1. The van der Waals surface area contributed by atoms with Crippen LogP contribution in [0.5, 0.6) is 0 Å². The Labute approximate surface area is 119 Å². The lowest BCUT2D eigenvalue weighted by Crippen LogP contribution is -2.30. The van der Waals surface area contributed by atoms with Crippen LogP contribution in [0.2, 0.25) is 5.02 Å². The summed E-state index contributed by atoms with van der Waals surface area (Å²) in [5, 5.41) is 0.315. The molecule has 3 N–H and O–H groups in total. The lowest BCUT2D eigenvalue weighted by atomic mass is 9.98. The van der Waals surface area contributed by atoms with Crippen molar-refractivity contribution in [2.45, 2.75) is 12.5 Å². The van der Waals surface area contributed by atoms with E-state index >= 15 is 0 Å². The number of hydrogen-bond donors (Lipinski definition) is 2. The van der Waals surface area contributed by atoms with Gasteiger partial charge in [-0.1, -0.05) is 17.7 Å². The molecule has 1 unspecified atom stereocenters. The number of hydrazine groups is 1. The van der Waals surface area contributed by atoms with Crippen molar-refractivity contribution in [1.82, 2.24) is 5.43 Å². The summed E-state index contributed by atoms with van der Waals surface area (Å²) >= 11 is 5.80. The summed E-state index contributed by atoms with van der Waals surface area (Å²) in [6, 6.07) is 6.69. The zero-order valence-electron chi connectivity index (χ0n) is 10.3. The molecule has 0 saturated carbocycles. The van der Waals surface area contributed by atoms with E-state index in [9.17, 15) is 13.2 Å². The maximum Gasteiger partial charge on any atom is 0.129 e. The normalized spacial score (nSPS) is 12.4. The van der Waals surface area contributed by atoms with Gasteiger partial charge < -0.3 is 0 Å². The fourth-order valence-electron chi connectivity index (χ4n) is 1.97. The molecule has 2 aromatic rings. The van der Waals surface area contributed by atoms with E-state index in [2.05, 4.69) is 5.43 Å². The Bertz CT molecular complexity index is 599. The molecule has 0 heterocycles. The van der Waals surface area contributed by atoms with E-state index in [1.807, 2.05) is 0 Å². The van der Waals surface area contributed by atoms with Gasteiger partial charge in [-0.3, -0.25) is 11.3 Å². The van der Waals surface area contributed by atoms with E-state index in [0.717, 1.165) is 12.1 Å². The topological polar surface area (TPSA) is 38.0 Å². The van der Waals surface area contributed by atoms with E-state index in [1.54, 1.807) is 0 Å². The molecule has 0 bridgehead atoms. The highest BCUT2D eigenvalue weighted by Gasteiger charge is 2.19. The molecule has 2 rings (SSSR count). The Morgan fingerprint density at radius 3 is 2.30 bits per heavy atom. The Balaban J connectivity index is 2.36. The molecule has 0 radical (unpaired) electrons. The van der Waals surface area contributed by atoms with Crippen molar-refractivity contribution in [3.05, 3.63) is 70.0 Å². The lowest BCUT2D eigenvalue weighted by molar-refractivity contribution is 0.480. The summed E-state index contributed by atoms with van der Waals surface area (Å²) in [7, 11) is 0. The van der Waals surface area contributed by atoms with Crippen LogP contribution in [-0.4, -0.2) is 0 Å². The smallest absolute Gasteiger partial charge is 0.129 e. The predicted octanol–water partition coefficient (Wildman–Crippen LogP) is 3.50. The van der Waals surface area contributed by atoms with Crippen molar-refractivity contribution in [1.29, 1.82) is 0 Å². The minimum atomic E-state index is -0.792. The van der Waals surface area contributed by atoms with Gasteiger partial charge in [-0.2, -0.15) is 0 Å². The van der Waals surface area contributed by atoms with Gasteiger partial charge in [0.25, 0.3) is 0 Å². The van der Waals surface area contributed by atoms with Crippen molar-refractivity contribution in [2.24, 2.45) is 5.84 Å². The van der Waals surface area contributed by atoms with Crippen LogP contribution in [0.4, 0.5) is 13.2 Å². The van der Waals surface area contributed by atoms with Crippen molar-refractivity contribution in [3.63, 3.8) is 0 Å². The molecule has 0 fully saturated rings. The standard InChI is InChI=1S/C14H12ClF3N2/c15-8-4-5-13(18)10(6-8)14(20-19)7-9-11(16)2-1-3-12(9)17/h1-6,14,20H,7,19H2. The highest BCUT2D eigenvalue weighted by Crippen LogP contribution is 2.26. The molecule has 0 amide bonds. The average Bonchev–Trinajstić information content (AvgIpc) is 2.42. The van der Waals surface area contributed by atoms with Crippen LogP contribution >= 0.6 is 11.6 Å². The fraction of sp³-hybridized carbons (Fsp3) is 0.143. The van der Waals surface area contributed by atoms with E-state index in [4.69, 9.17) is 17.4 Å². The first-order valence-corrected chi connectivity index (χ1v) is 6.24. The molecule has 0 aromatic heterocycles. The first-order chi connectivity index (χ1) is 9.52. The summed E-state index contributed by atoms with van der Waals surface area (Å²) in [5.74, 6) is 3.42. The van der Waals surface area contributed by atoms with E-state index < -0.39 is 23.5 Å².